The Morgan fingerprint density at radius 3 is 2.75 bits per heavy atom. The van der Waals surface area contributed by atoms with Crippen molar-refractivity contribution in [1.82, 2.24) is 9.88 Å². The minimum absolute atomic E-state index is 0.0186. The average Bonchev–Trinajstić information content (AvgIpc) is 2.67. The molecule has 0 unspecified atom stereocenters. The molecule has 9 heteroatoms. The SMILES string of the molecule is C[C@@H](OC(=O)CN1C(=O)Cc2ccccc2C1=O)C(=O)Nc1cccnc1Cl. The molecule has 0 aliphatic carbocycles. The average molecular weight is 402 g/mol. The summed E-state index contributed by atoms with van der Waals surface area (Å²) in [5.41, 5.74) is 1.25. The summed E-state index contributed by atoms with van der Waals surface area (Å²) >= 11 is 5.87. The van der Waals surface area contributed by atoms with Crippen molar-refractivity contribution in [2.75, 3.05) is 11.9 Å². The number of carbonyl (C=O) groups excluding carboxylic acids is 4. The molecule has 3 amide bonds. The van der Waals surface area contributed by atoms with E-state index in [1.807, 2.05) is 0 Å². The number of benzene rings is 1. The Morgan fingerprint density at radius 1 is 1.25 bits per heavy atom. The van der Waals surface area contributed by atoms with E-state index in [4.69, 9.17) is 16.3 Å². The Bertz CT molecular complexity index is 962. The van der Waals surface area contributed by atoms with Crippen molar-refractivity contribution in [1.29, 1.82) is 0 Å². The van der Waals surface area contributed by atoms with Crippen LogP contribution in [0.2, 0.25) is 5.15 Å². The van der Waals surface area contributed by atoms with Crippen LogP contribution < -0.4 is 5.32 Å². The van der Waals surface area contributed by atoms with Crippen molar-refractivity contribution < 1.29 is 23.9 Å². The smallest absolute Gasteiger partial charge is 0.326 e. The Morgan fingerprint density at radius 2 is 2.00 bits per heavy atom. The number of carbonyl (C=O) groups is 4. The number of hydrogen-bond donors (Lipinski definition) is 1. The summed E-state index contributed by atoms with van der Waals surface area (Å²) in [6.45, 7) is 0.796. The van der Waals surface area contributed by atoms with Crippen LogP contribution in [0.5, 0.6) is 0 Å². The predicted octanol–water partition coefficient (Wildman–Crippen LogP) is 1.83. The number of esters is 1. The summed E-state index contributed by atoms with van der Waals surface area (Å²) in [4.78, 5) is 53.6. The fourth-order valence-corrected chi connectivity index (χ4v) is 2.86. The Kier molecular flexibility index (Phi) is 5.70. The number of imide groups is 1. The molecule has 0 saturated heterocycles. The molecule has 0 bridgehead atoms. The summed E-state index contributed by atoms with van der Waals surface area (Å²) < 4.78 is 5.05. The Hall–Kier alpha value is -3.26. The van der Waals surface area contributed by atoms with Crippen LogP contribution in [0.3, 0.4) is 0 Å². The molecule has 144 valence electrons. The highest BCUT2D eigenvalue weighted by Gasteiger charge is 2.33. The number of amides is 3. The topological polar surface area (TPSA) is 106 Å². The number of nitrogens with one attached hydrogen (secondary N) is 1. The highest BCUT2D eigenvalue weighted by molar-refractivity contribution is 6.32. The third-order valence-corrected chi connectivity index (χ3v) is 4.42. The number of pyridine rings is 1. The summed E-state index contributed by atoms with van der Waals surface area (Å²) in [5, 5.41) is 2.59. The van der Waals surface area contributed by atoms with Gasteiger partial charge in [-0.1, -0.05) is 29.8 Å². The van der Waals surface area contributed by atoms with Gasteiger partial charge in [-0.3, -0.25) is 24.1 Å². The van der Waals surface area contributed by atoms with E-state index < -0.39 is 36.3 Å². The number of fused-ring (bicyclic) bond motifs is 1. The molecule has 0 radical (unpaired) electrons. The molecule has 3 rings (SSSR count). The van der Waals surface area contributed by atoms with Gasteiger partial charge in [-0.15, -0.1) is 0 Å². The van der Waals surface area contributed by atoms with Gasteiger partial charge < -0.3 is 10.1 Å². The van der Waals surface area contributed by atoms with E-state index in [2.05, 4.69) is 10.3 Å². The van der Waals surface area contributed by atoms with E-state index in [0.717, 1.165) is 4.90 Å². The lowest BCUT2D eigenvalue weighted by atomic mass is 9.98. The summed E-state index contributed by atoms with van der Waals surface area (Å²) in [5.74, 6) is -2.56. The van der Waals surface area contributed by atoms with Crippen molar-refractivity contribution in [2.24, 2.45) is 0 Å². The van der Waals surface area contributed by atoms with Gasteiger partial charge in [0.25, 0.3) is 11.8 Å². The number of aromatic nitrogens is 1. The van der Waals surface area contributed by atoms with Crippen molar-refractivity contribution in [3.05, 3.63) is 58.9 Å². The highest BCUT2D eigenvalue weighted by Crippen LogP contribution is 2.20. The summed E-state index contributed by atoms with van der Waals surface area (Å²) in [6.07, 6.45) is 0.322. The normalized spacial score (nSPS) is 14.3. The number of halogens is 1. The monoisotopic (exact) mass is 401 g/mol. The molecule has 1 aromatic carbocycles. The fourth-order valence-electron chi connectivity index (χ4n) is 2.69. The van der Waals surface area contributed by atoms with E-state index in [0.29, 0.717) is 11.1 Å². The maximum Gasteiger partial charge on any atom is 0.326 e. The lowest BCUT2D eigenvalue weighted by molar-refractivity contribution is -0.155. The number of nitrogens with zero attached hydrogens (tertiary/aromatic N) is 2. The molecule has 28 heavy (non-hydrogen) atoms. The van der Waals surface area contributed by atoms with Crippen LogP contribution in [-0.2, 0) is 25.5 Å². The van der Waals surface area contributed by atoms with Gasteiger partial charge >= 0.3 is 5.97 Å². The lowest BCUT2D eigenvalue weighted by Crippen LogP contribution is -2.46. The van der Waals surface area contributed by atoms with Gasteiger partial charge in [0.2, 0.25) is 5.91 Å². The minimum Gasteiger partial charge on any atom is -0.451 e. The van der Waals surface area contributed by atoms with E-state index in [1.54, 1.807) is 36.4 Å². The second kappa shape index (κ2) is 8.18. The van der Waals surface area contributed by atoms with Crippen LogP contribution in [0, 0.1) is 0 Å². The molecule has 2 aromatic rings. The summed E-state index contributed by atoms with van der Waals surface area (Å²) in [7, 11) is 0. The highest BCUT2D eigenvalue weighted by atomic mass is 35.5. The van der Waals surface area contributed by atoms with Crippen LogP contribution >= 0.6 is 11.6 Å². The second-order valence-corrected chi connectivity index (χ2v) is 6.44. The number of anilines is 1. The molecule has 0 fully saturated rings. The number of rotatable bonds is 5. The number of hydrogen-bond acceptors (Lipinski definition) is 6. The van der Waals surface area contributed by atoms with E-state index in [-0.39, 0.29) is 17.3 Å². The molecule has 1 atom stereocenters. The molecular formula is C19H16ClN3O5. The van der Waals surface area contributed by atoms with Crippen molar-refractivity contribution in [3.63, 3.8) is 0 Å². The Labute approximate surface area is 165 Å². The maximum atomic E-state index is 12.5. The van der Waals surface area contributed by atoms with Gasteiger partial charge in [0.1, 0.15) is 6.54 Å². The van der Waals surface area contributed by atoms with Gasteiger partial charge in [-0.2, -0.15) is 0 Å². The van der Waals surface area contributed by atoms with Gasteiger partial charge in [-0.25, -0.2) is 4.98 Å². The van der Waals surface area contributed by atoms with E-state index in [9.17, 15) is 19.2 Å². The van der Waals surface area contributed by atoms with E-state index in [1.165, 1.54) is 13.1 Å². The zero-order valence-corrected chi connectivity index (χ0v) is 15.6. The van der Waals surface area contributed by atoms with Gasteiger partial charge in [0.05, 0.1) is 12.1 Å². The van der Waals surface area contributed by atoms with Crippen LogP contribution in [0.4, 0.5) is 5.69 Å². The first-order valence-corrected chi connectivity index (χ1v) is 8.78. The Balaban J connectivity index is 1.60. The molecule has 0 saturated carbocycles. The van der Waals surface area contributed by atoms with Crippen molar-refractivity contribution in [2.45, 2.75) is 19.4 Å². The third-order valence-electron chi connectivity index (χ3n) is 4.12. The standard InChI is InChI=1S/C19H16ClN3O5/c1-11(18(26)22-14-7-4-8-21-17(14)20)28-16(25)10-23-15(24)9-12-5-2-3-6-13(12)19(23)27/h2-8,11H,9-10H2,1H3,(H,22,26)/t11-/m1/s1. The van der Waals surface area contributed by atoms with Crippen LogP contribution in [0.25, 0.3) is 0 Å². The van der Waals surface area contributed by atoms with Crippen LogP contribution in [-0.4, -0.2) is 46.2 Å². The predicted molar refractivity (Wildman–Crippen MR) is 99.6 cm³/mol. The molecule has 1 aliphatic rings. The van der Waals surface area contributed by atoms with Crippen LogP contribution in [0.1, 0.15) is 22.8 Å². The largest absolute Gasteiger partial charge is 0.451 e. The molecular weight excluding hydrogens is 386 g/mol. The number of ether oxygens (including phenoxy) is 1. The maximum absolute atomic E-state index is 12.5. The molecule has 0 spiro atoms. The first-order chi connectivity index (χ1) is 13.4. The minimum atomic E-state index is -1.16. The van der Waals surface area contributed by atoms with E-state index >= 15 is 0 Å². The molecule has 1 N–H and O–H groups in total. The third kappa shape index (κ3) is 4.17. The van der Waals surface area contributed by atoms with Crippen LogP contribution in [0.15, 0.2) is 42.6 Å². The molecule has 2 heterocycles. The fraction of sp³-hybridized carbons (Fsp3) is 0.211. The zero-order chi connectivity index (χ0) is 20.3. The van der Waals surface area contributed by atoms with Crippen molar-refractivity contribution >= 4 is 41.0 Å². The van der Waals surface area contributed by atoms with Gasteiger partial charge in [0.15, 0.2) is 11.3 Å². The quantitative estimate of drug-likeness (QED) is 0.465. The first-order valence-electron chi connectivity index (χ1n) is 8.40. The van der Waals surface area contributed by atoms with Crippen molar-refractivity contribution in [3.8, 4) is 0 Å². The second-order valence-electron chi connectivity index (χ2n) is 6.08. The molecule has 1 aliphatic heterocycles. The lowest BCUT2D eigenvalue weighted by Gasteiger charge is -2.26. The molecule has 1 aromatic heterocycles. The van der Waals surface area contributed by atoms with Gasteiger partial charge in [-0.05, 0) is 30.7 Å². The zero-order valence-electron chi connectivity index (χ0n) is 14.8. The summed E-state index contributed by atoms with van der Waals surface area (Å²) in [6, 6.07) is 9.83. The molecule has 8 nitrogen and oxygen atoms in total. The first kappa shape index (κ1) is 19.5. The van der Waals surface area contributed by atoms with Gasteiger partial charge in [0, 0.05) is 11.8 Å².